The van der Waals surface area contributed by atoms with Crippen LogP contribution < -0.4 is 15.5 Å². The van der Waals surface area contributed by atoms with Crippen LogP contribution in [0.1, 0.15) is 358 Å². The quantitative estimate of drug-likeness (QED) is 0.0157. The zero-order valence-corrected chi connectivity index (χ0v) is 74.9. The van der Waals surface area contributed by atoms with Crippen LogP contribution in [0.4, 0.5) is 17.8 Å². The van der Waals surface area contributed by atoms with E-state index in [1.54, 1.807) is 9.80 Å². The molecule has 8 amide bonds. The van der Waals surface area contributed by atoms with Gasteiger partial charge < -0.3 is 15.5 Å². The average molecular weight is 1660 g/mol. The van der Waals surface area contributed by atoms with Gasteiger partial charge >= 0.3 is 0 Å². The molecule has 2 N–H and O–H groups in total. The van der Waals surface area contributed by atoms with E-state index in [9.17, 15) is 38.4 Å². The number of carbonyl (C=O) groups excluding carboxylic acids is 8. The number of imide groups is 4. The second kappa shape index (κ2) is 39.3. The molecule has 2 atom stereocenters. The Morgan fingerprint density at radius 1 is 0.276 bits per heavy atom. The fourth-order valence-electron chi connectivity index (χ4n) is 20.7. The molecule has 0 saturated heterocycles. The number of unbranched alkanes of at least 4 members (excludes halogenated alkanes) is 14. The molecule has 0 radical (unpaired) electrons. The van der Waals surface area contributed by atoms with Gasteiger partial charge in [-0.25, -0.2) is 0 Å². The van der Waals surface area contributed by atoms with Crippen LogP contribution in [-0.2, 0) is 0 Å². The van der Waals surface area contributed by atoms with Gasteiger partial charge in [0, 0.05) is 117 Å². The molecule has 11 aromatic rings. The molecule has 18 heteroatoms. The lowest BCUT2D eigenvalue weighted by molar-refractivity contribution is 0.0501. The topological polar surface area (TPSA) is 215 Å². The minimum Gasteiger partial charge on any atom is -0.354 e. The summed E-state index contributed by atoms with van der Waals surface area (Å²) < 4.78 is 0. The van der Waals surface area contributed by atoms with E-state index in [0.717, 1.165) is 232 Å². The zero-order chi connectivity index (χ0) is 86.3. The second-order valence-corrected chi connectivity index (χ2v) is 37.4. The molecule has 123 heavy (non-hydrogen) atoms. The van der Waals surface area contributed by atoms with E-state index in [1.807, 2.05) is 97.1 Å². The van der Waals surface area contributed by atoms with Gasteiger partial charge in [0.15, 0.2) is 0 Å². The first kappa shape index (κ1) is 87.7. The van der Waals surface area contributed by atoms with Crippen molar-refractivity contribution in [2.24, 2.45) is 23.7 Å². The normalized spacial score (nSPS) is 14.8. The van der Waals surface area contributed by atoms with Crippen molar-refractivity contribution in [2.45, 2.75) is 287 Å². The highest BCUT2D eigenvalue weighted by Gasteiger charge is 2.43. The molecule has 18 nitrogen and oxygen atoms in total. The van der Waals surface area contributed by atoms with Crippen molar-refractivity contribution in [3.63, 3.8) is 0 Å². The number of aromatic nitrogens is 3. The van der Waals surface area contributed by atoms with Crippen LogP contribution in [0, 0.1) is 23.7 Å². The Morgan fingerprint density at radius 3 is 0.805 bits per heavy atom. The standard InChI is InChI=1S/C105H130N10O8/c1-11-15-19-23-37-69(38-24-20-16-12-2)114-99(120)83-53-45-75-71-41-49-79-91-80(50-42-72(87(71)91)76-46-54-84(100(114)121)93(83)89(75)76)96(117)112(95(79)116)61-29-27-59-106-103-108-104(110-105(109-103)111(63-57-67(9)35-31-33-65(5)6)64-58-68(10)36-32-34-66(7)8)107-60-28-30-62-113-97(118)81-51-43-73-77-47-55-85-94-86(56-48-78(90(77)94)74-44-52-82(98(113)119)92(81)88(73)74)102(123)115(101(85)122)70(39-25-21-17-13-3)40-26-22-18-14-4/h41-56,65-70H,11-40,57-64H2,1-10H3,(H2,106,107,108,109,110)/t67-,68-/m0/s1. The SMILES string of the molecule is CCCCCCC(CCCCCC)N1C(=O)c2ccc3c4ccc5c6c(ccc(c7ccc(c2c37)C1=O)c64)C(=O)N(CCCCNc1nc(NCCCCN2C(=O)c3ccc4c6ccc7c8c(ccc(c9ccc(c3c49)C2=O)c86)C(=O)N(C(CCCCCC)CCCCCC)C7=O)nc(N(CC[C@@H](C)CCCC(C)C)CC[C@@H](C)CCCC(C)C)n1)C5=O. The van der Waals surface area contributed by atoms with Crippen molar-refractivity contribution < 1.29 is 38.4 Å². The molecule has 15 rings (SSSR count). The zero-order valence-electron chi connectivity index (χ0n) is 74.9. The lowest BCUT2D eigenvalue weighted by Crippen LogP contribution is -2.47. The Balaban J connectivity index is 0.636. The number of hydrogen-bond donors (Lipinski definition) is 2. The summed E-state index contributed by atoms with van der Waals surface area (Å²) in [6.45, 7) is 25.5. The monoisotopic (exact) mass is 1660 g/mol. The van der Waals surface area contributed by atoms with Gasteiger partial charge in [0.2, 0.25) is 17.8 Å². The summed E-state index contributed by atoms with van der Waals surface area (Å²) in [6.07, 6.45) is 31.5. The summed E-state index contributed by atoms with van der Waals surface area (Å²) in [5.41, 5.74) is 4.02. The summed E-state index contributed by atoms with van der Waals surface area (Å²) in [5, 5.41) is 20.0. The van der Waals surface area contributed by atoms with Crippen LogP contribution in [0.15, 0.2) is 97.1 Å². The van der Waals surface area contributed by atoms with E-state index >= 15 is 0 Å². The fraction of sp³-hybridized carbons (Fsp3) is 0.514. The molecule has 10 aromatic carbocycles. The number of anilines is 3. The van der Waals surface area contributed by atoms with Gasteiger partial charge in [-0.15, -0.1) is 0 Å². The lowest BCUT2D eigenvalue weighted by atomic mass is 9.82. The molecule has 0 fully saturated rings. The van der Waals surface area contributed by atoms with Crippen LogP contribution >= 0.6 is 0 Å². The molecule has 4 aliphatic rings. The first-order valence-electron chi connectivity index (χ1n) is 47.6. The second-order valence-electron chi connectivity index (χ2n) is 37.4. The van der Waals surface area contributed by atoms with E-state index in [1.165, 1.54) is 35.5 Å². The maximum absolute atomic E-state index is 14.9. The number of nitrogens with zero attached hydrogens (tertiary/aromatic N) is 8. The molecule has 5 heterocycles. The number of nitrogens with one attached hydrogen (secondary N) is 2. The molecule has 1 aromatic heterocycles. The van der Waals surface area contributed by atoms with Crippen molar-refractivity contribution in [1.82, 2.24) is 34.6 Å². The highest BCUT2D eigenvalue weighted by molar-refractivity contribution is 6.43. The first-order chi connectivity index (χ1) is 59.8. The van der Waals surface area contributed by atoms with Crippen molar-refractivity contribution in [3.8, 4) is 0 Å². The third kappa shape index (κ3) is 17.7. The van der Waals surface area contributed by atoms with E-state index in [4.69, 9.17) is 15.0 Å². The summed E-state index contributed by atoms with van der Waals surface area (Å²) in [4.78, 5) is 142. The fourth-order valence-corrected chi connectivity index (χ4v) is 20.7. The maximum Gasteiger partial charge on any atom is 0.261 e. The van der Waals surface area contributed by atoms with Gasteiger partial charge in [0.05, 0.1) is 0 Å². The minimum atomic E-state index is -0.344. The number of amides is 8. The predicted molar refractivity (Wildman–Crippen MR) is 502 cm³/mol. The number of hydrogen-bond acceptors (Lipinski definition) is 14. The van der Waals surface area contributed by atoms with Gasteiger partial charge in [0.25, 0.3) is 47.3 Å². The molecule has 0 bridgehead atoms. The smallest absolute Gasteiger partial charge is 0.261 e. The van der Waals surface area contributed by atoms with Crippen LogP contribution in [0.25, 0.3) is 86.2 Å². The third-order valence-electron chi connectivity index (χ3n) is 27.6. The maximum atomic E-state index is 14.9. The van der Waals surface area contributed by atoms with Crippen molar-refractivity contribution in [2.75, 3.05) is 54.8 Å². The number of carbonyl (C=O) groups is 8. The highest BCUT2D eigenvalue weighted by Crippen LogP contribution is 2.50. The lowest BCUT2D eigenvalue weighted by Gasteiger charge is -2.35. The van der Waals surface area contributed by atoms with Crippen LogP contribution in [0.2, 0.25) is 0 Å². The number of rotatable bonds is 49. The molecular formula is C105H130N10O8. The van der Waals surface area contributed by atoms with Gasteiger partial charge in [-0.05, 0) is 201 Å². The summed E-state index contributed by atoms with van der Waals surface area (Å²) in [7, 11) is 0. The Morgan fingerprint density at radius 2 is 0.545 bits per heavy atom. The van der Waals surface area contributed by atoms with E-state index in [0.29, 0.717) is 146 Å². The third-order valence-corrected chi connectivity index (χ3v) is 27.6. The molecule has 648 valence electrons. The van der Waals surface area contributed by atoms with E-state index < -0.39 is 0 Å². The molecule has 0 spiro atoms. The van der Waals surface area contributed by atoms with Gasteiger partial charge in [-0.3, -0.25) is 58.0 Å². The van der Waals surface area contributed by atoms with Crippen molar-refractivity contribution >= 4 is 151 Å². The Labute approximate surface area is 726 Å². The Kier molecular flexibility index (Phi) is 28.0. The molecule has 4 aliphatic heterocycles. The summed E-state index contributed by atoms with van der Waals surface area (Å²) in [6, 6.07) is 30.5. The summed E-state index contributed by atoms with van der Waals surface area (Å²) in [5.74, 6) is 1.41. The average Bonchev–Trinajstić information content (AvgIpc) is 0.693. The van der Waals surface area contributed by atoms with Gasteiger partial charge in [-0.1, -0.05) is 259 Å². The van der Waals surface area contributed by atoms with E-state index in [2.05, 4.69) is 84.8 Å². The van der Waals surface area contributed by atoms with Crippen molar-refractivity contribution in [1.29, 1.82) is 0 Å². The summed E-state index contributed by atoms with van der Waals surface area (Å²) >= 11 is 0. The van der Waals surface area contributed by atoms with Crippen molar-refractivity contribution in [3.05, 3.63) is 142 Å². The molecular weight excluding hydrogens is 1530 g/mol. The van der Waals surface area contributed by atoms with E-state index in [-0.39, 0.29) is 72.4 Å². The van der Waals surface area contributed by atoms with Gasteiger partial charge in [0.1, 0.15) is 0 Å². The largest absolute Gasteiger partial charge is 0.354 e. The number of fused-ring (bicyclic) bond motifs is 4. The van der Waals surface area contributed by atoms with Crippen LogP contribution in [0.5, 0.6) is 0 Å². The molecule has 0 saturated carbocycles. The Hall–Kier alpha value is -10.2. The minimum absolute atomic E-state index is 0.171. The molecule has 0 aliphatic carbocycles. The predicted octanol–water partition coefficient (Wildman–Crippen LogP) is 25.3. The first-order valence-corrected chi connectivity index (χ1v) is 47.6. The van der Waals surface area contributed by atoms with Crippen LogP contribution in [0.3, 0.4) is 0 Å². The molecule has 0 unspecified atom stereocenters. The van der Waals surface area contributed by atoms with Gasteiger partial charge in [-0.2, -0.15) is 15.0 Å². The Bertz CT molecular complexity index is 5160. The number of benzene rings is 10. The highest BCUT2D eigenvalue weighted by atomic mass is 16.2. The van der Waals surface area contributed by atoms with Crippen LogP contribution in [-0.4, -0.2) is 133 Å².